The maximum Gasteiger partial charge on any atom is 0.335 e. The number of aliphatic carboxylic acids is 2. The number of allylic oxidation sites excluding steroid dienone is 1. The Balaban J connectivity index is 0.000000496. The van der Waals surface area contributed by atoms with Crippen LogP contribution in [0.3, 0.4) is 0 Å². The number of aliphatic hydroxyl groups excluding tert-OH is 6. The molecule has 2 aromatic rings. The zero-order chi connectivity index (χ0) is 89.5. The summed E-state index contributed by atoms with van der Waals surface area (Å²) < 4.78 is 58.7. The summed E-state index contributed by atoms with van der Waals surface area (Å²) >= 11 is 0. The van der Waals surface area contributed by atoms with E-state index in [4.69, 9.17) is 28.2 Å². The molecule has 34 heteroatoms. The normalized spacial score (nSPS) is 24.4. The lowest BCUT2D eigenvalue weighted by molar-refractivity contribution is -0.228. The quantitative estimate of drug-likeness (QED) is 0.0194. The summed E-state index contributed by atoms with van der Waals surface area (Å²) in [5.74, 6) is -11.0. The molecule has 2 unspecified atom stereocenters. The van der Waals surface area contributed by atoms with Crippen molar-refractivity contribution < 1.29 is 140 Å². The summed E-state index contributed by atoms with van der Waals surface area (Å²) in [7, 11) is -4.30. The third-order valence-corrected chi connectivity index (χ3v) is 21.8. The van der Waals surface area contributed by atoms with E-state index < -0.39 is 195 Å². The molecule has 1 aliphatic carbocycles. The molecule has 4 fully saturated rings. The first-order valence-electron chi connectivity index (χ1n) is 40.3. The average molecular weight is 1690 g/mol. The van der Waals surface area contributed by atoms with Gasteiger partial charge < -0.3 is 85.4 Å². The van der Waals surface area contributed by atoms with Crippen molar-refractivity contribution in [2.24, 2.45) is 46.3 Å². The minimum Gasteiger partial charge on any atom is -0.479 e. The van der Waals surface area contributed by atoms with Crippen molar-refractivity contribution in [3.8, 4) is 0 Å². The van der Waals surface area contributed by atoms with Gasteiger partial charge in [0.1, 0.15) is 67.4 Å². The zero-order valence-electron chi connectivity index (χ0n) is 70.7. The van der Waals surface area contributed by atoms with Gasteiger partial charge in [-0.3, -0.25) is 57.3 Å². The van der Waals surface area contributed by atoms with Crippen LogP contribution in [0.4, 0.5) is 0 Å². The predicted octanol–water partition coefficient (Wildman–Crippen LogP) is 3.97. The van der Waals surface area contributed by atoms with Gasteiger partial charge in [-0.1, -0.05) is 104 Å². The maximum atomic E-state index is 13.6. The first kappa shape index (κ1) is 102. The van der Waals surface area contributed by atoms with E-state index in [1.165, 1.54) is 18.7 Å². The molecule has 18 atom stereocenters. The van der Waals surface area contributed by atoms with E-state index in [1.807, 2.05) is 20.8 Å². The lowest BCUT2D eigenvalue weighted by atomic mass is 9.89. The number of esters is 2. The van der Waals surface area contributed by atoms with Gasteiger partial charge in [0.05, 0.1) is 66.7 Å². The molecule has 3 aliphatic heterocycles. The number of nitrogens with zero attached hydrogens (tertiary/aromatic N) is 1. The van der Waals surface area contributed by atoms with Crippen molar-refractivity contribution in [1.82, 2.24) is 20.9 Å². The summed E-state index contributed by atoms with van der Waals surface area (Å²) in [6, 6.07) is 6.48. The van der Waals surface area contributed by atoms with Crippen LogP contribution in [0, 0.1) is 46.3 Å². The first-order valence-corrected chi connectivity index (χ1v) is 41.9. The topological polar surface area (TPSA) is 524 Å². The van der Waals surface area contributed by atoms with Crippen LogP contribution in [0.1, 0.15) is 202 Å². The van der Waals surface area contributed by atoms with Crippen LogP contribution < -0.4 is 16.0 Å². The highest BCUT2D eigenvalue weighted by atomic mass is 32.2. The van der Waals surface area contributed by atoms with Crippen LogP contribution in [0.25, 0.3) is 0 Å². The van der Waals surface area contributed by atoms with Gasteiger partial charge in [0, 0.05) is 62.2 Å². The van der Waals surface area contributed by atoms with E-state index >= 15 is 0 Å². The molecule has 0 radical (unpaired) electrons. The summed E-state index contributed by atoms with van der Waals surface area (Å²) in [6.07, 6.45) is -15.1. The molecule has 6 rings (SSSR count). The SMILES string of the molecule is C=C1CC(C)C(=O)C1CC(=O)N[C@H](C(=O)N[C@@H](C)C(=O)Cc1ccc(COC(=O)C(C)(C)C)c(CC[C@@H]2O[C@H](C(=O)O)[C@@H](O)[C@H](O)[C@H]2O)c1)C(C)C.CC.CCCC(=O)C[C@H]1C[C@@H](COCCS(=O)(=O)O)N(CC(=O)C[C@H](C(=O)N[C@@H](C)C(=O)Cc2ccc(COC(=O)C(C)(C)C)c(CC[C@@H]3O[C@H](C(=O)O)[C@@H](O)[C@H](O)[C@H]3O)c2)C(C)C)C1=O. The smallest absolute Gasteiger partial charge is 0.335 e. The number of benzene rings is 2. The fourth-order valence-corrected chi connectivity index (χ4v) is 14.3. The van der Waals surface area contributed by atoms with Gasteiger partial charge in [-0.05, 0) is 146 Å². The number of aryl methyl sites for hydroxylation is 2. The van der Waals surface area contributed by atoms with Gasteiger partial charge >= 0.3 is 23.9 Å². The number of rotatable bonds is 40. The molecule has 0 bridgehead atoms. The number of ketones is 5. The van der Waals surface area contributed by atoms with Crippen molar-refractivity contribution in [1.29, 1.82) is 0 Å². The Labute approximate surface area is 690 Å². The number of carbonyl (C=O) groups excluding carboxylic acids is 11. The van der Waals surface area contributed by atoms with E-state index in [1.54, 1.807) is 113 Å². The second-order valence-electron chi connectivity index (χ2n) is 33.7. The second-order valence-corrected chi connectivity index (χ2v) is 35.3. The Kier molecular flexibility index (Phi) is 39.9. The number of amides is 4. The van der Waals surface area contributed by atoms with Gasteiger partial charge in [0.25, 0.3) is 10.1 Å². The average Bonchev–Trinajstić information content (AvgIpc) is 0.979. The molecule has 0 aromatic heterocycles. The molecular weight excluding hydrogens is 1560 g/mol. The molecule has 12 N–H and O–H groups in total. The highest BCUT2D eigenvalue weighted by Gasteiger charge is 2.49. The van der Waals surface area contributed by atoms with Gasteiger partial charge in [0.15, 0.2) is 29.6 Å². The van der Waals surface area contributed by atoms with Crippen molar-refractivity contribution >= 4 is 86.5 Å². The largest absolute Gasteiger partial charge is 0.479 e. The van der Waals surface area contributed by atoms with E-state index in [9.17, 15) is 112 Å². The Morgan fingerprint density at radius 1 is 0.627 bits per heavy atom. The van der Waals surface area contributed by atoms with Crippen molar-refractivity contribution in [3.05, 3.63) is 81.9 Å². The predicted molar refractivity (Wildman–Crippen MR) is 427 cm³/mol. The number of ether oxygens (including phenoxy) is 5. The number of likely N-dealkylation sites (tertiary alicyclic amines) is 1. The van der Waals surface area contributed by atoms with Crippen molar-refractivity contribution in [2.45, 2.75) is 293 Å². The standard InChI is InChI=1S/C44H66N2O17S.C38H54N2O12.C2H6/c1-8-9-31(47)19-29-18-30(23-61-14-15-64(58,59)60)46(41(29)54)21-32(48)20-33(24(2)3)40(53)45-25(4)34(49)17-26-10-11-28(22-62-43(57)44(5,6)7)27(16-26)12-13-35-36(50)37(51)38(52)39(63-35)42(55)56;1-18(2)29(40-28(42)16-25-19(3)13-20(4)30(25)43)35(47)39-21(5)26(41)15-22-9-10-24(17-51-37(50)38(6,7)8)23(14-22)11-12-27-31(44)32(45)33(46)34(52-27)36(48)49;1-2/h10-11,16,24-25,29-30,33,35-39,50-52H,8-9,12-15,17-23H2,1-7H3,(H,45,53)(H,55,56)(H,58,59,60);9-10,14,18,20-21,25,27,29,31-34,44-46H,3,11-13,15-17H2,1-2,4-8H3,(H,39,47)(H,40,42)(H,48,49);1-2H3/t25-,29+,30-,33-,35-,36-,37+,38-,39-;20?,21-,25?,27-,29-,31-,32+,33-,34-;/m00./s1. The molecule has 662 valence electrons. The number of carboxylic acid groups (broad SMARTS) is 2. The second kappa shape index (κ2) is 46.0. The Hall–Kier alpha value is -8.16. The minimum absolute atomic E-state index is 0.0170. The molecule has 4 amide bonds. The summed E-state index contributed by atoms with van der Waals surface area (Å²) in [4.78, 5) is 168. The number of aliphatic hydroxyl groups is 6. The summed E-state index contributed by atoms with van der Waals surface area (Å²) in [5, 5.41) is 88.9. The monoisotopic (exact) mass is 1690 g/mol. The van der Waals surface area contributed by atoms with Gasteiger partial charge in [0.2, 0.25) is 23.6 Å². The molecule has 0 spiro atoms. The van der Waals surface area contributed by atoms with E-state index in [2.05, 4.69) is 22.5 Å². The van der Waals surface area contributed by atoms with E-state index in [-0.39, 0.29) is 132 Å². The molecule has 118 heavy (non-hydrogen) atoms. The van der Waals surface area contributed by atoms with E-state index in [0.717, 1.165) is 0 Å². The number of hydrogen-bond donors (Lipinski definition) is 12. The van der Waals surface area contributed by atoms with Crippen molar-refractivity contribution in [2.75, 3.05) is 25.5 Å². The molecular formula is C84H126N4O29S. The number of carbonyl (C=O) groups is 13. The molecule has 2 aromatic carbocycles. The highest BCUT2D eigenvalue weighted by molar-refractivity contribution is 7.85. The van der Waals surface area contributed by atoms with Crippen LogP contribution in [0.2, 0.25) is 0 Å². The summed E-state index contributed by atoms with van der Waals surface area (Å²) in [6.45, 7) is 30.6. The van der Waals surface area contributed by atoms with Crippen LogP contribution in [0.15, 0.2) is 48.6 Å². The zero-order valence-corrected chi connectivity index (χ0v) is 71.5. The Morgan fingerprint density at radius 2 is 1.08 bits per heavy atom. The fourth-order valence-electron chi connectivity index (χ4n) is 14.0. The van der Waals surface area contributed by atoms with Crippen LogP contribution in [0.5, 0.6) is 0 Å². The minimum atomic E-state index is -4.30. The molecule has 3 heterocycles. The highest BCUT2D eigenvalue weighted by Crippen LogP contribution is 2.35. The van der Waals surface area contributed by atoms with Crippen LogP contribution >= 0.6 is 0 Å². The first-order chi connectivity index (χ1) is 54.8. The Morgan fingerprint density at radius 3 is 1.48 bits per heavy atom. The molecule has 33 nitrogen and oxygen atoms in total. The molecule has 3 saturated heterocycles. The number of carboxylic acids is 2. The number of Topliss-reactive ketones (excluding diaryl/α,β-unsaturated/α-hetero) is 5. The van der Waals surface area contributed by atoms with Gasteiger partial charge in [-0.25, -0.2) is 9.59 Å². The lowest BCUT2D eigenvalue weighted by Gasteiger charge is -2.39. The van der Waals surface area contributed by atoms with Crippen LogP contribution in [-0.2, 0) is 135 Å². The van der Waals surface area contributed by atoms with Gasteiger partial charge in [-0.2, -0.15) is 8.42 Å². The van der Waals surface area contributed by atoms with Crippen molar-refractivity contribution in [3.63, 3.8) is 0 Å². The number of hydrogen-bond acceptors (Lipinski definition) is 26. The molecule has 4 aliphatic rings. The van der Waals surface area contributed by atoms with E-state index in [0.29, 0.717) is 51.8 Å². The summed E-state index contributed by atoms with van der Waals surface area (Å²) in [5.41, 5.74) is 2.49. The fraction of sp³-hybridized carbons (Fsp3) is 0.679. The lowest BCUT2D eigenvalue weighted by Crippen LogP contribution is -2.59. The third kappa shape index (κ3) is 30.5. The third-order valence-electron chi connectivity index (χ3n) is 21.1. The number of nitrogens with one attached hydrogen (secondary N) is 3. The molecule has 1 saturated carbocycles. The Bertz CT molecular complexity index is 3980. The van der Waals surface area contributed by atoms with Gasteiger partial charge in [-0.15, -0.1) is 0 Å². The maximum absolute atomic E-state index is 13.6. The van der Waals surface area contributed by atoms with Crippen LogP contribution in [-0.4, -0.2) is 246 Å².